The van der Waals surface area contributed by atoms with Crippen LogP contribution in [0.25, 0.3) is 0 Å². The van der Waals surface area contributed by atoms with E-state index in [1.54, 1.807) is 12.1 Å². The summed E-state index contributed by atoms with van der Waals surface area (Å²) >= 11 is 11.8. The fourth-order valence-electron chi connectivity index (χ4n) is 1.98. The van der Waals surface area contributed by atoms with E-state index in [-0.39, 0.29) is 6.04 Å². The lowest BCUT2D eigenvalue weighted by Gasteiger charge is -2.18. The highest BCUT2D eigenvalue weighted by atomic mass is 35.5. The number of aliphatic hydroxyl groups is 1. The average molecular weight is 310 g/mol. The molecular formula is C16H17Cl2NO. The molecule has 0 saturated carbocycles. The standard InChI is InChI=1S/C16H17Cl2NO/c1-11(13-3-2-4-15(18)9-13)19-10-16(20)12-5-7-14(17)8-6-12/h2-9,11,16,19-20H,10H2,1H3/t11-,16?/m0/s1. The normalized spacial score (nSPS) is 14.0. The molecule has 2 rings (SSSR count). The first-order valence-corrected chi connectivity index (χ1v) is 7.24. The van der Waals surface area contributed by atoms with Crippen LogP contribution in [0.3, 0.4) is 0 Å². The molecule has 2 atom stereocenters. The van der Waals surface area contributed by atoms with Crippen LogP contribution in [0.4, 0.5) is 0 Å². The van der Waals surface area contributed by atoms with E-state index in [1.807, 2.05) is 43.3 Å². The maximum Gasteiger partial charge on any atom is 0.0914 e. The van der Waals surface area contributed by atoms with Gasteiger partial charge >= 0.3 is 0 Å². The quantitative estimate of drug-likeness (QED) is 0.859. The summed E-state index contributed by atoms with van der Waals surface area (Å²) < 4.78 is 0. The van der Waals surface area contributed by atoms with E-state index in [9.17, 15) is 5.11 Å². The Morgan fingerprint density at radius 3 is 2.35 bits per heavy atom. The fourth-order valence-corrected chi connectivity index (χ4v) is 2.31. The molecule has 0 bridgehead atoms. The van der Waals surface area contributed by atoms with Gasteiger partial charge in [0.25, 0.3) is 0 Å². The predicted molar refractivity (Wildman–Crippen MR) is 84.3 cm³/mol. The summed E-state index contributed by atoms with van der Waals surface area (Å²) in [7, 11) is 0. The molecule has 0 heterocycles. The van der Waals surface area contributed by atoms with E-state index in [4.69, 9.17) is 23.2 Å². The topological polar surface area (TPSA) is 32.3 Å². The van der Waals surface area contributed by atoms with Crippen LogP contribution in [-0.4, -0.2) is 11.7 Å². The first kappa shape index (κ1) is 15.3. The van der Waals surface area contributed by atoms with Crippen molar-refractivity contribution in [1.82, 2.24) is 5.32 Å². The van der Waals surface area contributed by atoms with Gasteiger partial charge in [0.05, 0.1) is 6.10 Å². The van der Waals surface area contributed by atoms with Gasteiger partial charge in [0.1, 0.15) is 0 Å². The van der Waals surface area contributed by atoms with Gasteiger partial charge in [0, 0.05) is 22.6 Å². The monoisotopic (exact) mass is 309 g/mol. The third-order valence-electron chi connectivity index (χ3n) is 3.22. The van der Waals surface area contributed by atoms with Gasteiger partial charge in [-0.15, -0.1) is 0 Å². The largest absolute Gasteiger partial charge is 0.387 e. The second-order valence-corrected chi connectivity index (χ2v) is 5.63. The van der Waals surface area contributed by atoms with Gasteiger partial charge in [-0.1, -0.05) is 47.5 Å². The second kappa shape index (κ2) is 7.09. The van der Waals surface area contributed by atoms with Crippen LogP contribution in [-0.2, 0) is 0 Å². The lowest BCUT2D eigenvalue weighted by atomic mass is 10.1. The van der Waals surface area contributed by atoms with Crippen molar-refractivity contribution >= 4 is 23.2 Å². The van der Waals surface area contributed by atoms with Gasteiger partial charge in [-0.3, -0.25) is 0 Å². The summed E-state index contributed by atoms with van der Waals surface area (Å²) in [5.74, 6) is 0. The van der Waals surface area contributed by atoms with Gasteiger partial charge < -0.3 is 10.4 Å². The molecule has 4 heteroatoms. The fraction of sp³-hybridized carbons (Fsp3) is 0.250. The van der Waals surface area contributed by atoms with Crippen molar-refractivity contribution in [3.05, 3.63) is 69.7 Å². The minimum absolute atomic E-state index is 0.121. The number of hydrogen-bond donors (Lipinski definition) is 2. The summed E-state index contributed by atoms with van der Waals surface area (Å²) in [4.78, 5) is 0. The number of halogens is 2. The van der Waals surface area contributed by atoms with E-state index in [2.05, 4.69) is 5.32 Å². The third-order valence-corrected chi connectivity index (χ3v) is 3.71. The van der Waals surface area contributed by atoms with E-state index in [1.165, 1.54) is 0 Å². The first-order valence-electron chi connectivity index (χ1n) is 6.48. The summed E-state index contributed by atoms with van der Waals surface area (Å²) in [5, 5.41) is 14.8. The molecular weight excluding hydrogens is 293 g/mol. The zero-order valence-electron chi connectivity index (χ0n) is 11.2. The minimum atomic E-state index is -0.561. The molecule has 0 radical (unpaired) electrons. The van der Waals surface area contributed by atoms with E-state index in [0.717, 1.165) is 16.1 Å². The van der Waals surface area contributed by atoms with Crippen LogP contribution < -0.4 is 5.32 Å². The smallest absolute Gasteiger partial charge is 0.0914 e. The molecule has 20 heavy (non-hydrogen) atoms. The summed E-state index contributed by atoms with van der Waals surface area (Å²) in [6.07, 6.45) is -0.561. The number of hydrogen-bond acceptors (Lipinski definition) is 2. The predicted octanol–water partition coefficient (Wildman–Crippen LogP) is 4.38. The molecule has 0 saturated heterocycles. The molecule has 0 aliphatic carbocycles. The average Bonchev–Trinajstić information content (AvgIpc) is 2.45. The van der Waals surface area contributed by atoms with Crippen LogP contribution in [0.2, 0.25) is 10.0 Å². The van der Waals surface area contributed by atoms with Gasteiger partial charge in [0.15, 0.2) is 0 Å². The molecule has 0 aliphatic rings. The highest BCUT2D eigenvalue weighted by Crippen LogP contribution is 2.19. The van der Waals surface area contributed by atoms with Crippen molar-refractivity contribution in [2.75, 3.05) is 6.54 Å². The molecule has 0 spiro atoms. The summed E-state index contributed by atoms with van der Waals surface area (Å²) in [6.45, 7) is 2.51. The molecule has 0 fully saturated rings. The zero-order valence-corrected chi connectivity index (χ0v) is 12.7. The van der Waals surface area contributed by atoms with Crippen LogP contribution in [0, 0.1) is 0 Å². The molecule has 2 N–H and O–H groups in total. The lowest BCUT2D eigenvalue weighted by Crippen LogP contribution is -2.24. The molecule has 2 aromatic carbocycles. The summed E-state index contributed by atoms with van der Waals surface area (Å²) in [5.41, 5.74) is 1.95. The van der Waals surface area contributed by atoms with Gasteiger partial charge in [-0.2, -0.15) is 0 Å². The number of nitrogens with one attached hydrogen (secondary N) is 1. The Morgan fingerprint density at radius 1 is 1.00 bits per heavy atom. The maximum absolute atomic E-state index is 10.1. The molecule has 106 valence electrons. The zero-order chi connectivity index (χ0) is 14.5. The Hall–Kier alpha value is -1.06. The Morgan fingerprint density at radius 2 is 1.70 bits per heavy atom. The van der Waals surface area contributed by atoms with Crippen LogP contribution in [0.15, 0.2) is 48.5 Å². The van der Waals surface area contributed by atoms with Crippen molar-refractivity contribution in [2.45, 2.75) is 19.1 Å². The Bertz CT molecular complexity index is 557. The second-order valence-electron chi connectivity index (χ2n) is 4.75. The molecule has 0 aromatic heterocycles. The first-order chi connectivity index (χ1) is 9.56. The van der Waals surface area contributed by atoms with Crippen molar-refractivity contribution in [3.63, 3.8) is 0 Å². The molecule has 2 aromatic rings. The SMILES string of the molecule is C[C@H](NCC(O)c1ccc(Cl)cc1)c1cccc(Cl)c1. The maximum atomic E-state index is 10.1. The minimum Gasteiger partial charge on any atom is -0.387 e. The van der Waals surface area contributed by atoms with Crippen molar-refractivity contribution < 1.29 is 5.11 Å². The molecule has 2 nitrogen and oxygen atoms in total. The van der Waals surface area contributed by atoms with Crippen molar-refractivity contribution in [1.29, 1.82) is 0 Å². The van der Waals surface area contributed by atoms with Crippen LogP contribution in [0.1, 0.15) is 30.2 Å². The van der Waals surface area contributed by atoms with E-state index >= 15 is 0 Å². The van der Waals surface area contributed by atoms with Gasteiger partial charge in [0.2, 0.25) is 0 Å². The van der Waals surface area contributed by atoms with Crippen LogP contribution in [0.5, 0.6) is 0 Å². The van der Waals surface area contributed by atoms with E-state index < -0.39 is 6.10 Å². The highest BCUT2D eigenvalue weighted by molar-refractivity contribution is 6.30. The Balaban J connectivity index is 1.93. The number of rotatable bonds is 5. The van der Waals surface area contributed by atoms with Gasteiger partial charge in [-0.25, -0.2) is 0 Å². The number of aliphatic hydroxyl groups excluding tert-OH is 1. The molecule has 0 amide bonds. The van der Waals surface area contributed by atoms with Crippen molar-refractivity contribution in [3.8, 4) is 0 Å². The van der Waals surface area contributed by atoms with Crippen LogP contribution >= 0.6 is 23.2 Å². The van der Waals surface area contributed by atoms with Crippen molar-refractivity contribution in [2.24, 2.45) is 0 Å². The Kier molecular flexibility index (Phi) is 5.44. The van der Waals surface area contributed by atoms with E-state index in [0.29, 0.717) is 11.6 Å². The van der Waals surface area contributed by atoms with Gasteiger partial charge in [-0.05, 0) is 42.3 Å². The summed E-state index contributed by atoms with van der Waals surface area (Å²) in [6, 6.07) is 15.0. The number of benzene rings is 2. The highest BCUT2D eigenvalue weighted by Gasteiger charge is 2.10. The molecule has 1 unspecified atom stereocenters. The molecule has 0 aliphatic heterocycles. The Labute approximate surface area is 129 Å². The lowest BCUT2D eigenvalue weighted by molar-refractivity contribution is 0.171. The third kappa shape index (κ3) is 4.22.